The van der Waals surface area contributed by atoms with Gasteiger partial charge in [-0.1, -0.05) is 155 Å². The van der Waals surface area contributed by atoms with Crippen LogP contribution < -0.4 is 0 Å². The second kappa shape index (κ2) is 10.8. The van der Waals surface area contributed by atoms with Gasteiger partial charge in [0.25, 0.3) is 0 Å². The van der Waals surface area contributed by atoms with Crippen molar-refractivity contribution in [3.8, 4) is 44.5 Å². The predicted molar refractivity (Wildman–Crippen MR) is 238 cm³/mol. The summed E-state index contributed by atoms with van der Waals surface area (Å²) >= 11 is 1.91. The Hall–Kier alpha value is -6.02. The number of hydrogen-bond donors (Lipinski definition) is 0. The van der Waals surface area contributed by atoms with Crippen LogP contribution in [0.3, 0.4) is 0 Å². The van der Waals surface area contributed by atoms with Crippen molar-refractivity contribution in [2.24, 2.45) is 0 Å². The Morgan fingerprint density at radius 3 is 1.53 bits per heavy atom. The minimum atomic E-state index is -0.135. The SMILES string of the molecule is CC1(C)c2ccccc2-c2ccc(-c3c4ccccc4c(-c4ccc5c(c4)C(C)(C)c4ccc6cc7c(cc6c4-5)sc4ccccc47)c4ccccc34)cc21. The lowest BCUT2D eigenvalue weighted by Gasteiger charge is -2.24. The maximum atomic E-state index is 2.52. The van der Waals surface area contributed by atoms with Gasteiger partial charge in [0.2, 0.25) is 0 Å². The summed E-state index contributed by atoms with van der Waals surface area (Å²) in [6.07, 6.45) is 0. The van der Waals surface area contributed by atoms with Crippen LogP contribution in [0.25, 0.3) is 97.0 Å². The van der Waals surface area contributed by atoms with Crippen LogP contribution in [-0.4, -0.2) is 0 Å². The van der Waals surface area contributed by atoms with Crippen LogP contribution in [-0.2, 0) is 10.8 Å². The van der Waals surface area contributed by atoms with Crippen LogP contribution >= 0.6 is 11.3 Å². The molecule has 2 aliphatic carbocycles. The fourth-order valence-electron chi connectivity index (χ4n) is 10.5. The molecule has 0 saturated heterocycles. The summed E-state index contributed by atoms with van der Waals surface area (Å²) in [5.41, 5.74) is 16.1. The molecule has 0 fully saturated rings. The van der Waals surface area contributed by atoms with Crippen LogP contribution in [0.2, 0.25) is 0 Å². The van der Waals surface area contributed by atoms with Crippen molar-refractivity contribution >= 4 is 63.8 Å². The van der Waals surface area contributed by atoms with Gasteiger partial charge in [-0.2, -0.15) is 0 Å². The monoisotopic (exact) mass is 718 g/mol. The molecule has 12 rings (SSSR count). The number of fused-ring (bicyclic) bond motifs is 13. The summed E-state index contributed by atoms with van der Waals surface area (Å²) in [4.78, 5) is 0. The molecule has 9 aromatic carbocycles. The third-order valence-electron chi connectivity index (χ3n) is 13.2. The van der Waals surface area contributed by atoms with Gasteiger partial charge in [0.1, 0.15) is 0 Å². The Labute approximate surface area is 325 Å². The summed E-state index contributed by atoms with van der Waals surface area (Å²) in [7, 11) is 0. The Morgan fingerprint density at radius 1 is 0.327 bits per heavy atom. The quantitative estimate of drug-likeness (QED) is 0.156. The van der Waals surface area contributed by atoms with Crippen molar-refractivity contribution in [3.05, 3.63) is 180 Å². The van der Waals surface area contributed by atoms with Gasteiger partial charge >= 0.3 is 0 Å². The molecule has 0 N–H and O–H groups in total. The van der Waals surface area contributed by atoms with Crippen LogP contribution in [0.4, 0.5) is 0 Å². The Kier molecular flexibility index (Phi) is 6.16. The highest BCUT2D eigenvalue weighted by molar-refractivity contribution is 7.25. The Bertz CT molecular complexity index is 3260. The largest absolute Gasteiger partial charge is 0.135 e. The standard InChI is InChI=1S/C54H38S/c1-53(2)44-19-11-9-13-34(44)35-24-21-32(28-46(35)53)50-37-15-5-7-17-39(37)51(40-18-8-6-16-38(40)50)33-22-25-41-47(29-33)54(3,4)45-26-23-31-27-43-36-14-10-12-20-48(36)55-49(43)30-42(31)52(41)45/h5-30H,1-4H3. The zero-order valence-electron chi connectivity index (χ0n) is 31.4. The van der Waals surface area contributed by atoms with Crippen molar-refractivity contribution in [2.45, 2.75) is 38.5 Å². The molecule has 55 heavy (non-hydrogen) atoms. The number of benzene rings is 9. The lowest BCUT2D eigenvalue weighted by Crippen LogP contribution is -2.15. The van der Waals surface area contributed by atoms with Crippen molar-refractivity contribution in [2.75, 3.05) is 0 Å². The highest BCUT2D eigenvalue weighted by atomic mass is 32.1. The van der Waals surface area contributed by atoms with Gasteiger partial charge in [-0.3, -0.25) is 0 Å². The Morgan fingerprint density at radius 2 is 0.855 bits per heavy atom. The van der Waals surface area contributed by atoms with Crippen molar-refractivity contribution in [1.29, 1.82) is 0 Å². The summed E-state index contributed by atoms with van der Waals surface area (Å²) in [6.45, 7) is 9.58. The zero-order chi connectivity index (χ0) is 36.8. The van der Waals surface area contributed by atoms with Gasteiger partial charge in [0.15, 0.2) is 0 Å². The first kappa shape index (κ1) is 31.3. The van der Waals surface area contributed by atoms with E-state index < -0.39 is 0 Å². The molecule has 0 saturated carbocycles. The normalized spacial score (nSPS) is 14.8. The van der Waals surface area contributed by atoms with E-state index in [4.69, 9.17) is 0 Å². The molecular weight excluding hydrogens is 681 g/mol. The lowest BCUT2D eigenvalue weighted by atomic mass is 9.79. The highest BCUT2D eigenvalue weighted by Crippen LogP contribution is 2.55. The summed E-state index contributed by atoms with van der Waals surface area (Å²) in [5, 5.41) is 10.6. The maximum absolute atomic E-state index is 2.52. The van der Waals surface area contributed by atoms with E-state index >= 15 is 0 Å². The van der Waals surface area contributed by atoms with E-state index in [1.807, 2.05) is 11.3 Å². The molecule has 0 aliphatic heterocycles. The van der Waals surface area contributed by atoms with Gasteiger partial charge in [0, 0.05) is 31.0 Å². The van der Waals surface area contributed by atoms with E-state index in [9.17, 15) is 0 Å². The maximum Gasteiger partial charge on any atom is 0.0362 e. The molecule has 0 amide bonds. The average molecular weight is 719 g/mol. The van der Waals surface area contributed by atoms with Gasteiger partial charge in [0.05, 0.1) is 0 Å². The minimum Gasteiger partial charge on any atom is -0.135 e. The van der Waals surface area contributed by atoms with Crippen molar-refractivity contribution < 1.29 is 0 Å². The van der Waals surface area contributed by atoms with Gasteiger partial charge < -0.3 is 0 Å². The van der Waals surface area contributed by atoms with Gasteiger partial charge in [-0.25, -0.2) is 0 Å². The zero-order valence-corrected chi connectivity index (χ0v) is 32.2. The fraction of sp³-hybridized carbons (Fsp3) is 0.111. The molecule has 0 unspecified atom stereocenters. The van der Waals surface area contributed by atoms with Crippen molar-refractivity contribution in [3.63, 3.8) is 0 Å². The first-order chi connectivity index (χ1) is 26.8. The molecule has 1 heterocycles. The van der Waals surface area contributed by atoms with E-state index in [-0.39, 0.29) is 10.8 Å². The molecule has 10 aromatic rings. The molecule has 0 atom stereocenters. The molecule has 0 radical (unpaired) electrons. The third kappa shape index (κ3) is 4.12. The molecular formula is C54H38S. The molecule has 0 spiro atoms. The van der Waals surface area contributed by atoms with E-state index in [2.05, 4.69) is 185 Å². The topological polar surface area (TPSA) is 0 Å². The number of thiophene rings is 1. The number of hydrogen-bond acceptors (Lipinski definition) is 1. The van der Waals surface area contributed by atoms with Crippen molar-refractivity contribution in [1.82, 2.24) is 0 Å². The molecule has 0 nitrogen and oxygen atoms in total. The van der Waals surface area contributed by atoms with Crippen LogP contribution in [0.1, 0.15) is 49.9 Å². The molecule has 1 aromatic heterocycles. The second-order valence-electron chi connectivity index (χ2n) is 16.8. The molecule has 0 bridgehead atoms. The van der Waals surface area contributed by atoms with E-state index in [0.717, 1.165) is 0 Å². The summed E-state index contributed by atoms with van der Waals surface area (Å²) < 4.78 is 2.71. The minimum absolute atomic E-state index is 0.0580. The fourth-order valence-corrected chi connectivity index (χ4v) is 11.7. The molecule has 1 heteroatoms. The lowest BCUT2D eigenvalue weighted by molar-refractivity contribution is 0.660. The number of rotatable bonds is 2. The Balaban J connectivity index is 1.07. The highest BCUT2D eigenvalue weighted by Gasteiger charge is 2.38. The summed E-state index contributed by atoms with van der Waals surface area (Å²) in [6, 6.07) is 60.1. The van der Waals surface area contributed by atoms with E-state index in [1.165, 1.54) is 119 Å². The summed E-state index contributed by atoms with van der Waals surface area (Å²) in [5.74, 6) is 0. The third-order valence-corrected chi connectivity index (χ3v) is 14.4. The first-order valence-electron chi connectivity index (χ1n) is 19.5. The molecule has 260 valence electrons. The first-order valence-corrected chi connectivity index (χ1v) is 20.3. The smallest absolute Gasteiger partial charge is 0.0362 e. The predicted octanol–water partition coefficient (Wildman–Crippen LogP) is 15.5. The average Bonchev–Trinajstić information content (AvgIpc) is 3.77. The second-order valence-corrected chi connectivity index (χ2v) is 17.9. The van der Waals surface area contributed by atoms with Gasteiger partial charge in [-0.15, -0.1) is 11.3 Å². The van der Waals surface area contributed by atoms with E-state index in [0.29, 0.717) is 0 Å². The van der Waals surface area contributed by atoms with Gasteiger partial charge in [-0.05, 0) is 129 Å². The van der Waals surface area contributed by atoms with E-state index in [1.54, 1.807) is 0 Å². The van der Waals surface area contributed by atoms with Crippen LogP contribution in [0, 0.1) is 0 Å². The van der Waals surface area contributed by atoms with Crippen LogP contribution in [0.5, 0.6) is 0 Å². The molecule has 2 aliphatic rings. The van der Waals surface area contributed by atoms with Crippen LogP contribution in [0.15, 0.2) is 158 Å².